The topological polar surface area (TPSA) is 41.4 Å². The maximum absolute atomic E-state index is 12.5. The number of amides is 1. The molecule has 0 N–H and O–H groups in total. The fourth-order valence-corrected chi connectivity index (χ4v) is 3.05. The predicted octanol–water partition coefficient (Wildman–Crippen LogP) is 3.54. The van der Waals surface area contributed by atoms with Crippen LogP contribution in [0.4, 0.5) is 8.78 Å². The van der Waals surface area contributed by atoms with E-state index in [0.29, 0.717) is 47.5 Å². The molecule has 3 rings (SSSR count). The maximum Gasteiger partial charge on any atom is 0.333 e. The van der Waals surface area contributed by atoms with Crippen molar-refractivity contribution in [2.75, 3.05) is 26.2 Å². The Bertz CT molecular complexity index is 760. The Labute approximate surface area is 153 Å². The number of hydrogen-bond donors (Lipinski definition) is 0. The van der Waals surface area contributed by atoms with Gasteiger partial charge in [0.15, 0.2) is 5.69 Å². The zero-order valence-corrected chi connectivity index (χ0v) is 14.7. The van der Waals surface area contributed by atoms with Gasteiger partial charge in [0.1, 0.15) is 0 Å². The molecule has 0 aliphatic carbocycles. The number of hydrogen-bond acceptors (Lipinski definition) is 3. The lowest BCUT2D eigenvalue weighted by Crippen LogP contribution is -2.48. The first kappa shape index (κ1) is 18.1. The standard InChI is InChI=1S/C16H16Cl2F2N4O/c17-12-2-1-11(9-13(12)18)10-22-5-7-23(8-6-22)15(25)14-3-4-24(21-14)16(19)20/h1-4,9,16H,5-8,10H2. The van der Waals surface area contributed by atoms with Crippen molar-refractivity contribution in [3.8, 4) is 0 Å². The molecule has 0 radical (unpaired) electrons. The third-order valence-electron chi connectivity index (χ3n) is 4.08. The Morgan fingerprint density at radius 2 is 1.84 bits per heavy atom. The molecular formula is C16H16Cl2F2N4O. The van der Waals surface area contributed by atoms with E-state index in [1.807, 2.05) is 12.1 Å². The van der Waals surface area contributed by atoms with Gasteiger partial charge in [-0.1, -0.05) is 29.3 Å². The Hall–Kier alpha value is -1.70. The van der Waals surface area contributed by atoms with Crippen molar-refractivity contribution in [1.29, 1.82) is 0 Å². The van der Waals surface area contributed by atoms with E-state index >= 15 is 0 Å². The van der Waals surface area contributed by atoms with Crippen LogP contribution in [0.15, 0.2) is 30.5 Å². The zero-order valence-electron chi connectivity index (χ0n) is 13.2. The molecule has 1 aliphatic heterocycles. The van der Waals surface area contributed by atoms with Crippen molar-refractivity contribution in [3.63, 3.8) is 0 Å². The summed E-state index contributed by atoms with van der Waals surface area (Å²) in [7, 11) is 0. The second-order valence-electron chi connectivity index (χ2n) is 5.78. The van der Waals surface area contributed by atoms with Crippen molar-refractivity contribution in [3.05, 3.63) is 51.8 Å². The van der Waals surface area contributed by atoms with E-state index in [4.69, 9.17) is 23.2 Å². The second kappa shape index (κ2) is 7.68. The molecule has 2 heterocycles. The molecule has 0 bridgehead atoms. The summed E-state index contributed by atoms with van der Waals surface area (Å²) in [6.45, 7) is 0.357. The average Bonchev–Trinajstić information content (AvgIpc) is 3.09. The molecule has 0 spiro atoms. The highest BCUT2D eigenvalue weighted by molar-refractivity contribution is 6.42. The molecule has 0 unspecified atom stereocenters. The van der Waals surface area contributed by atoms with Crippen LogP contribution >= 0.6 is 23.2 Å². The molecule has 5 nitrogen and oxygen atoms in total. The van der Waals surface area contributed by atoms with Gasteiger partial charge in [0.2, 0.25) is 0 Å². The molecule has 1 saturated heterocycles. The van der Waals surface area contributed by atoms with Gasteiger partial charge < -0.3 is 4.90 Å². The summed E-state index contributed by atoms with van der Waals surface area (Å²) < 4.78 is 25.6. The first-order chi connectivity index (χ1) is 11.9. The Morgan fingerprint density at radius 1 is 1.12 bits per heavy atom. The lowest BCUT2D eigenvalue weighted by atomic mass is 10.2. The smallest absolute Gasteiger partial charge is 0.333 e. The van der Waals surface area contributed by atoms with Crippen LogP contribution < -0.4 is 0 Å². The third kappa shape index (κ3) is 4.29. The zero-order chi connectivity index (χ0) is 18.0. The minimum atomic E-state index is -2.75. The molecule has 134 valence electrons. The van der Waals surface area contributed by atoms with E-state index < -0.39 is 6.55 Å². The summed E-state index contributed by atoms with van der Waals surface area (Å²) in [5.41, 5.74) is 1.09. The minimum absolute atomic E-state index is 0.0400. The Kier molecular flexibility index (Phi) is 5.56. The van der Waals surface area contributed by atoms with E-state index in [1.165, 1.54) is 6.07 Å². The number of nitrogens with zero attached hydrogens (tertiary/aromatic N) is 4. The van der Waals surface area contributed by atoms with Crippen LogP contribution in [0.3, 0.4) is 0 Å². The molecule has 0 atom stereocenters. The van der Waals surface area contributed by atoms with Crippen LogP contribution in [0.5, 0.6) is 0 Å². The van der Waals surface area contributed by atoms with Gasteiger partial charge in [0.05, 0.1) is 10.0 Å². The molecule has 1 fully saturated rings. The second-order valence-corrected chi connectivity index (χ2v) is 6.59. The normalized spacial score (nSPS) is 15.8. The molecule has 1 aromatic carbocycles. The fraction of sp³-hybridized carbons (Fsp3) is 0.375. The van der Waals surface area contributed by atoms with E-state index in [-0.39, 0.29) is 11.6 Å². The van der Waals surface area contributed by atoms with Gasteiger partial charge in [-0.15, -0.1) is 0 Å². The van der Waals surface area contributed by atoms with Crippen LogP contribution in [0.25, 0.3) is 0 Å². The van der Waals surface area contributed by atoms with Crippen molar-refractivity contribution in [2.24, 2.45) is 0 Å². The number of alkyl halides is 2. The van der Waals surface area contributed by atoms with Gasteiger partial charge in [-0.05, 0) is 23.8 Å². The summed E-state index contributed by atoms with van der Waals surface area (Å²) in [6.07, 6.45) is 1.11. The number of aromatic nitrogens is 2. The van der Waals surface area contributed by atoms with E-state index in [0.717, 1.165) is 11.8 Å². The highest BCUT2D eigenvalue weighted by Crippen LogP contribution is 2.23. The summed E-state index contributed by atoms with van der Waals surface area (Å²) in [5.74, 6) is -0.325. The van der Waals surface area contributed by atoms with Crippen LogP contribution in [0.1, 0.15) is 22.6 Å². The SMILES string of the molecule is O=C(c1ccn(C(F)F)n1)N1CCN(Cc2ccc(Cl)c(Cl)c2)CC1. The Morgan fingerprint density at radius 3 is 2.44 bits per heavy atom. The number of halogens is 4. The van der Waals surface area contributed by atoms with Crippen LogP contribution in [-0.4, -0.2) is 51.7 Å². The predicted molar refractivity (Wildman–Crippen MR) is 91.1 cm³/mol. The van der Waals surface area contributed by atoms with Crippen molar-refractivity contribution in [1.82, 2.24) is 19.6 Å². The van der Waals surface area contributed by atoms with E-state index in [9.17, 15) is 13.6 Å². The van der Waals surface area contributed by atoms with Crippen LogP contribution in [-0.2, 0) is 6.54 Å². The van der Waals surface area contributed by atoms with Gasteiger partial charge in [0, 0.05) is 38.9 Å². The summed E-state index contributed by atoms with van der Waals surface area (Å²) >= 11 is 11.9. The molecule has 1 amide bonds. The first-order valence-electron chi connectivity index (χ1n) is 7.73. The lowest BCUT2D eigenvalue weighted by Gasteiger charge is -2.34. The Balaban J connectivity index is 1.55. The summed E-state index contributed by atoms with van der Waals surface area (Å²) in [5, 5.41) is 4.66. The highest BCUT2D eigenvalue weighted by atomic mass is 35.5. The van der Waals surface area contributed by atoms with Gasteiger partial charge in [0.25, 0.3) is 5.91 Å². The van der Waals surface area contributed by atoms with Gasteiger partial charge >= 0.3 is 6.55 Å². The molecule has 9 heteroatoms. The van der Waals surface area contributed by atoms with Crippen LogP contribution in [0, 0.1) is 0 Å². The molecule has 25 heavy (non-hydrogen) atoms. The largest absolute Gasteiger partial charge is 0.335 e. The van der Waals surface area contributed by atoms with Gasteiger partial charge in [-0.2, -0.15) is 13.9 Å². The van der Waals surface area contributed by atoms with Gasteiger partial charge in [-0.3, -0.25) is 9.69 Å². The van der Waals surface area contributed by atoms with Gasteiger partial charge in [-0.25, -0.2) is 4.68 Å². The fourth-order valence-electron chi connectivity index (χ4n) is 2.73. The third-order valence-corrected chi connectivity index (χ3v) is 4.82. The first-order valence-corrected chi connectivity index (χ1v) is 8.48. The lowest BCUT2D eigenvalue weighted by molar-refractivity contribution is 0.0534. The van der Waals surface area contributed by atoms with Crippen molar-refractivity contribution < 1.29 is 13.6 Å². The molecule has 1 aliphatic rings. The molecule has 1 aromatic heterocycles. The molecular weight excluding hydrogens is 373 g/mol. The van der Waals surface area contributed by atoms with Crippen molar-refractivity contribution >= 4 is 29.1 Å². The van der Waals surface area contributed by atoms with E-state index in [1.54, 1.807) is 11.0 Å². The van der Waals surface area contributed by atoms with E-state index in [2.05, 4.69) is 10.00 Å². The quantitative estimate of drug-likeness (QED) is 0.804. The minimum Gasteiger partial charge on any atom is -0.335 e. The number of benzene rings is 1. The highest BCUT2D eigenvalue weighted by Gasteiger charge is 2.24. The number of rotatable bonds is 4. The summed E-state index contributed by atoms with van der Waals surface area (Å²) in [4.78, 5) is 16.2. The number of carbonyl (C=O) groups excluding carboxylic acids is 1. The molecule has 2 aromatic rings. The molecule has 0 saturated carbocycles. The number of piperazine rings is 1. The number of carbonyl (C=O) groups is 1. The summed E-state index contributed by atoms with van der Waals surface area (Å²) in [6, 6.07) is 6.83. The average molecular weight is 389 g/mol. The van der Waals surface area contributed by atoms with Crippen LogP contribution in [0.2, 0.25) is 10.0 Å². The van der Waals surface area contributed by atoms with Crippen molar-refractivity contribution in [2.45, 2.75) is 13.1 Å². The monoisotopic (exact) mass is 388 g/mol. The maximum atomic E-state index is 12.5.